The van der Waals surface area contributed by atoms with Gasteiger partial charge in [-0.2, -0.15) is 0 Å². The maximum Gasteiger partial charge on any atom is 0.253 e. The van der Waals surface area contributed by atoms with Gasteiger partial charge in [-0.1, -0.05) is 23.2 Å². The number of piperidine rings is 1. The second-order valence-corrected chi connectivity index (χ2v) is 6.47. The first-order valence-corrected chi connectivity index (χ1v) is 8.12. The van der Waals surface area contributed by atoms with Crippen LogP contribution >= 0.6 is 23.2 Å². The van der Waals surface area contributed by atoms with Crippen molar-refractivity contribution in [1.29, 1.82) is 0 Å². The topological polar surface area (TPSA) is 107 Å². The summed E-state index contributed by atoms with van der Waals surface area (Å²) in [7, 11) is 0. The quantitative estimate of drug-likeness (QED) is 0.645. The molecule has 6 nitrogen and oxygen atoms in total. The number of aliphatic hydroxyl groups excluding tert-OH is 2. The van der Waals surface area contributed by atoms with Crippen LogP contribution in [0.5, 0.6) is 5.75 Å². The summed E-state index contributed by atoms with van der Waals surface area (Å²) in [5.74, 6) is -0.462. The highest BCUT2D eigenvalue weighted by atomic mass is 35.5. The molecule has 5 N–H and O–H groups in total. The van der Waals surface area contributed by atoms with Gasteiger partial charge in [-0.05, 0) is 30.9 Å². The van der Waals surface area contributed by atoms with Crippen molar-refractivity contribution >= 4 is 29.1 Å². The maximum absolute atomic E-state index is 11.8. The Bertz CT molecular complexity index is 577. The lowest BCUT2D eigenvalue weighted by Gasteiger charge is -2.36. The number of halogens is 2. The molecule has 23 heavy (non-hydrogen) atoms. The van der Waals surface area contributed by atoms with Crippen LogP contribution < -0.4 is 5.73 Å². The molecule has 1 aliphatic heterocycles. The zero-order chi connectivity index (χ0) is 17.1. The summed E-state index contributed by atoms with van der Waals surface area (Å²) in [6, 6.07) is 2.47. The van der Waals surface area contributed by atoms with Crippen LogP contribution in [0, 0.1) is 5.92 Å². The van der Waals surface area contributed by atoms with E-state index in [1.165, 1.54) is 17.0 Å². The lowest BCUT2D eigenvalue weighted by molar-refractivity contribution is -0.143. The Labute approximate surface area is 144 Å². The SMILES string of the molecule is NC(c1c(O)ccc(Cl)c1Cl)C1CCN(C(=O)C(O)CO)CC1. The molecule has 0 bridgehead atoms. The molecule has 0 radical (unpaired) electrons. The average Bonchev–Trinajstić information content (AvgIpc) is 2.57. The molecule has 8 heteroatoms. The largest absolute Gasteiger partial charge is 0.508 e. The van der Waals surface area contributed by atoms with E-state index < -0.39 is 24.7 Å². The highest BCUT2D eigenvalue weighted by Crippen LogP contribution is 2.40. The third-order valence-electron chi connectivity index (χ3n) is 4.26. The minimum absolute atomic E-state index is 0.00103. The van der Waals surface area contributed by atoms with E-state index in [9.17, 15) is 15.0 Å². The summed E-state index contributed by atoms with van der Waals surface area (Å²) in [6.07, 6.45) is -0.174. The molecule has 0 aliphatic carbocycles. The Morgan fingerprint density at radius 3 is 2.52 bits per heavy atom. The number of aromatic hydroxyl groups is 1. The first-order chi connectivity index (χ1) is 10.9. The molecule has 1 amide bonds. The van der Waals surface area contributed by atoms with E-state index in [0.717, 1.165) is 0 Å². The van der Waals surface area contributed by atoms with Crippen molar-refractivity contribution in [3.05, 3.63) is 27.7 Å². The lowest BCUT2D eigenvalue weighted by Crippen LogP contribution is -2.46. The Kier molecular flexibility index (Phi) is 6.11. The van der Waals surface area contributed by atoms with Crippen LogP contribution in [0.25, 0.3) is 0 Å². The molecular formula is C15H20Cl2N2O4. The third-order valence-corrected chi connectivity index (χ3v) is 5.08. The fourth-order valence-electron chi connectivity index (χ4n) is 2.88. The van der Waals surface area contributed by atoms with E-state index in [1.807, 2.05) is 0 Å². The van der Waals surface area contributed by atoms with Crippen molar-refractivity contribution in [3.63, 3.8) is 0 Å². The van der Waals surface area contributed by atoms with E-state index in [4.69, 9.17) is 34.0 Å². The molecule has 1 aliphatic rings. The number of carbonyl (C=O) groups excluding carboxylic acids is 1. The highest BCUT2D eigenvalue weighted by molar-refractivity contribution is 6.42. The van der Waals surface area contributed by atoms with Gasteiger partial charge >= 0.3 is 0 Å². The van der Waals surface area contributed by atoms with Crippen LogP contribution in [-0.2, 0) is 4.79 Å². The van der Waals surface area contributed by atoms with Gasteiger partial charge in [0, 0.05) is 24.7 Å². The third kappa shape index (κ3) is 3.89. The first-order valence-electron chi connectivity index (χ1n) is 7.37. The summed E-state index contributed by atoms with van der Waals surface area (Å²) in [5.41, 5.74) is 6.67. The molecule has 0 spiro atoms. The number of hydrogen-bond donors (Lipinski definition) is 4. The summed E-state index contributed by atoms with van der Waals surface area (Å²) in [6.45, 7) is 0.255. The van der Waals surface area contributed by atoms with Crippen molar-refractivity contribution in [3.8, 4) is 5.75 Å². The zero-order valence-electron chi connectivity index (χ0n) is 12.5. The molecular weight excluding hydrogens is 343 g/mol. The Morgan fingerprint density at radius 1 is 1.35 bits per heavy atom. The van der Waals surface area contributed by atoms with Crippen LogP contribution in [0.2, 0.25) is 10.0 Å². The van der Waals surface area contributed by atoms with Crippen LogP contribution in [0.4, 0.5) is 0 Å². The average molecular weight is 363 g/mol. The molecule has 2 rings (SSSR count). The monoisotopic (exact) mass is 362 g/mol. The molecule has 2 atom stereocenters. The molecule has 0 aromatic heterocycles. The number of nitrogens with zero attached hydrogens (tertiary/aromatic N) is 1. The Morgan fingerprint density at radius 2 is 1.96 bits per heavy atom. The van der Waals surface area contributed by atoms with Gasteiger partial charge < -0.3 is 26.0 Å². The number of amides is 1. The molecule has 1 aromatic rings. The normalized spacial score (nSPS) is 18.7. The van der Waals surface area contributed by atoms with Crippen LogP contribution in [0.1, 0.15) is 24.4 Å². The molecule has 1 heterocycles. The standard InChI is InChI=1S/C15H20Cl2N2O4/c16-9-1-2-10(21)12(13(9)17)14(18)8-3-5-19(6-4-8)15(23)11(22)7-20/h1-2,8,11,14,20-22H,3-7,18H2. The van der Waals surface area contributed by atoms with Crippen molar-refractivity contribution in [1.82, 2.24) is 4.90 Å². The number of likely N-dealkylation sites (tertiary alicyclic amines) is 1. The molecule has 128 valence electrons. The highest BCUT2D eigenvalue weighted by Gasteiger charge is 2.31. The number of nitrogens with two attached hydrogens (primary N) is 1. The van der Waals surface area contributed by atoms with Crippen molar-refractivity contribution in [2.75, 3.05) is 19.7 Å². The lowest BCUT2D eigenvalue weighted by atomic mass is 9.85. The number of rotatable bonds is 4. The fraction of sp³-hybridized carbons (Fsp3) is 0.533. The maximum atomic E-state index is 11.8. The van der Waals surface area contributed by atoms with Gasteiger partial charge in [0.15, 0.2) is 6.10 Å². The number of hydrogen-bond acceptors (Lipinski definition) is 5. The molecule has 1 fully saturated rings. The van der Waals surface area contributed by atoms with E-state index in [1.54, 1.807) is 0 Å². The summed E-state index contributed by atoms with van der Waals surface area (Å²) in [4.78, 5) is 13.3. The summed E-state index contributed by atoms with van der Waals surface area (Å²) >= 11 is 12.1. The van der Waals surface area contributed by atoms with Gasteiger partial charge in [-0.25, -0.2) is 0 Å². The predicted molar refractivity (Wildman–Crippen MR) is 87.5 cm³/mol. The minimum atomic E-state index is -1.38. The van der Waals surface area contributed by atoms with E-state index >= 15 is 0 Å². The van der Waals surface area contributed by atoms with Crippen LogP contribution in [0.3, 0.4) is 0 Å². The number of benzene rings is 1. The van der Waals surface area contributed by atoms with Gasteiger partial charge in [0.05, 0.1) is 16.7 Å². The minimum Gasteiger partial charge on any atom is -0.508 e. The molecule has 2 unspecified atom stereocenters. The molecule has 1 saturated heterocycles. The zero-order valence-corrected chi connectivity index (χ0v) is 14.0. The van der Waals surface area contributed by atoms with E-state index in [2.05, 4.69) is 0 Å². The number of carbonyl (C=O) groups is 1. The fourth-order valence-corrected chi connectivity index (χ4v) is 3.33. The number of aliphatic hydroxyl groups is 2. The first kappa shape index (κ1) is 18.3. The molecule has 1 aromatic carbocycles. The van der Waals surface area contributed by atoms with Crippen LogP contribution in [0.15, 0.2) is 12.1 Å². The van der Waals surface area contributed by atoms with E-state index in [0.29, 0.717) is 36.5 Å². The van der Waals surface area contributed by atoms with Crippen molar-refractivity contribution in [2.45, 2.75) is 25.0 Å². The van der Waals surface area contributed by atoms with E-state index in [-0.39, 0.29) is 16.7 Å². The summed E-state index contributed by atoms with van der Waals surface area (Å²) in [5, 5.41) is 28.8. The number of phenols is 1. The Balaban J connectivity index is 2.06. The number of phenolic OH excluding ortho intramolecular Hbond substituents is 1. The predicted octanol–water partition coefficient (Wildman–Crippen LogP) is 1.29. The smallest absolute Gasteiger partial charge is 0.253 e. The van der Waals surface area contributed by atoms with Crippen LogP contribution in [-0.4, -0.2) is 51.9 Å². The van der Waals surface area contributed by atoms with Crippen molar-refractivity contribution < 1.29 is 20.1 Å². The second kappa shape index (κ2) is 7.68. The van der Waals surface area contributed by atoms with Gasteiger partial charge in [0.1, 0.15) is 5.75 Å². The van der Waals surface area contributed by atoms with Crippen molar-refractivity contribution in [2.24, 2.45) is 11.7 Å². The van der Waals surface area contributed by atoms with Gasteiger partial charge in [0.25, 0.3) is 5.91 Å². The Hall–Kier alpha value is -1.05. The van der Waals surface area contributed by atoms with Gasteiger partial charge in [-0.3, -0.25) is 4.79 Å². The van der Waals surface area contributed by atoms with Gasteiger partial charge in [0.2, 0.25) is 0 Å². The summed E-state index contributed by atoms with van der Waals surface area (Å²) < 4.78 is 0. The second-order valence-electron chi connectivity index (χ2n) is 5.68. The van der Waals surface area contributed by atoms with Gasteiger partial charge in [-0.15, -0.1) is 0 Å². The molecule has 0 saturated carbocycles.